The molecule has 0 aliphatic carbocycles. The summed E-state index contributed by atoms with van der Waals surface area (Å²) in [6, 6.07) is 13.8. The van der Waals surface area contributed by atoms with Crippen LogP contribution in [-0.2, 0) is 18.0 Å². The molecule has 2 nitrogen and oxygen atoms in total. The Morgan fingerprint density at radius 2 is 1.81 bits per heavy atom. The van der Waals surface area contributed by atoms with Crippen LogP contribution < -0.4 is 0 Å². The van der Waals surface area contributed by atoms with Gasteiger partial charge in [0.15, 0.2) is 0 Å². The molecule has 0 aliphatic rings. The van der Waals surface area contributed by atoms with Gasteiger partial charge in [-0.15, -0.1) is 0 Å². The molecular weight excluding hydrogens is 222 g/mol. The Kier molecular flexibility index (Phi) is 3.91. The van der Waals surface area contributed by atoms with Crippen molar-refractivity contribution in [3.8, 4) is 0 Å². The Morgan fingerprint density at radius 1 is 1.00 bits per heavy atom. The number of hydrogen-bond acceptors (Lipinski definition) is 2. The van der Waals surface area contributed by atoms with Crippen LogP contribution in [-0.4, -0.2) is 4.98 Å². The lowest BCUT2D eigenvalue weighted by Crippen LogP contribution is -1.95. The number of pyridine rings is 1. The van der Waals surface area contributed by atoms with E-state index >= 15 is 0 Å². The number of ether oxygens (including phenoxy) is 1. The minimum absolute atomic E-state index is 0.488. The monoisotopic (exact) mass is 233 g/mol. The second kappa shape index (κ2) is 5.64. The Labute approximate surface area is 99.9 Å². The lowest BCUT2D eigenvalue weighted by molar-refractivity contribution is 0.107. The molecule has 0 saturated heterocycles. The molecule has 82 valence electrons. The summed E-state index contributed by atoms with van der Waals surface area (Å²) < 4.78 is 5.56. The lowest BCUT2D eigenvalue weighted by atomic mass is 10.2. The average molecular weight is 234 g/mol. The van der Waals surface area contributed by atoms with E-state index in [1.165, 1.54) is 0 Å². The quantitative estimate of drug-likeness (QED) is 0.755. The van der Waals surface area contributed by atoms with Crippen LogP contribution in [0.4, 0.5) is 0 Å². The molecule has 0 aliphatic heterocycles. The molecule has 0 bridgehead atoms. The average Bonchev–Trinajstić information content (AvgIpc) is 2.33. The standard InChI is InChI=1S/C13H12ClNO/c14-13-12(7-4-8-15-13)10-16-9-11-5-2-1-3-6-11/h1-8H,9-10H2. The molecule has 1 heterocycles. The fourth-order valence-electron chi connectivity index (χ4n) is 1.38. The first-order chi connectivity index (χ1) is 7.86. The zero-order valence-electron chi connectivity index (χ0n) is 8.77. The minimum atomic E-state index is 0.488. The summed E-state index contributed by atoms with van der Waals surface area (Å²) in [6.45, 7) is 1.08. The highest BCUT2D eigenvalue weighted by atomic mass is 35.5. The highest BCUT2D eigenvalue weighted by Crippen LogP contribution is 2.13. The Morgan fingerprint density at radius 3 is 2.56 bits per heavy atom. The van der Waals surface area contributed by atoms with Gasteiger partial charge in [-0.2, -0.15) is 0 Å². The van der Waals surface area contributed by atoms with Gasteiger partial charge in [0.2, 0.25) is 0 Å². The first-order valence-electron chi connectivity index (χ1n) is 5.07. The van der Waals surface area contributed by atoms with E-state index in [-0.39, 0.29) is 0 Å². The third-order valence-corrected chi connectivity index (χ3v) is 2.55. The Bertz CT molecular complexity index is 445. The Balaban J connectivity index is 1.87. The van der Waals surface area contributed by atoms with Gasteiger partial charge in [0.05, 0.1) is 13.2 Å². The molecular formula is C13H12ClNO. The van der Waals surface area contributed by atoms with Gasteiger partial charge < -0.3 is 4.74 Å². The van der Waals surface area contributed by atoms with Crippen LogP contribution in [0.3, 0.4) is 0 Å². The normalized spacial score (nSPS) is 10.3. The van der Waals surface area contributed by atoms with Gasteiger partial charge in [-0.25, -0.2) is 4.98 Å². The second-order valence-electron chi connectivity index (χ2n) is 3.43. The van der Waals surface area contributed by atoms with E-state index in [1.54, 1.807) is 6.20 Å². The number of aromatic nitrogens is 1. The van der Waals surface area contributed by atoms with E-state index in [4.69, 9.17) is 16.3 Å². The van der Waals surface area contributed by atoms with Gasteiger partial charge in [-0.1, -0.05) is 48.0 Å². The predicted octanol–water partition coefficient (Wildman–Crippen LogP) is 3.45. The van der Waals surface area contributed by atoms with Crippen LogP contribution in [0.5, 0.6) is 0 Å². The molecule has 16 heavy (non-hydrogen) atoms. The van der Waals surface area contributed by atoms with Crippen LogP contribution in [0, 0.1) is 0 Å². The summed E-state index contributed by atoms with van der Waals surface area (Å²) >= 11 is 5.91. The molecule has 0 N–H and O–H groups in total. The zero-order chi connectivity index (χ0) is 11.2. The molecule has 2 rings (SSSR count). The molecule has 0 saturated carbocycles. The van der Waals surface area contributed by atoms with Gasteiger partial charge in [0, 0.05) is 11.8 Å². The van der Waals surface area contributed by atoms with Crippen LogP contribution in [0.1, 0.15) is 11.1 Å². The summed E-state index contributed by atoms with van der Waals surface area (Å²) in [6.07, 6.45) is 1.67. The number of rotatable bonds is 4. The van der Waals surface area contributed by atoms with E-state index < -0.39 is 0 Å². The molecule has 2 aromatic rings. The maximum atomic E-state index is 5.91. The molecule has 0 unspecified atom stereocenters. The van der Waals surface area contributed by atoms with Crippen molar-refractivity contribution in [2.45, 2.75) is 13.2 Å². The van der Waals surface area contributed by atoms with Crippen LogP contribution in [0.15, 0.2) is 48.7 Å². The van der Waals surface area contributed by atoms with Crippen molar-refractivity contribution < 1.29 is 4.74 Å². The molecule has 3 heteroatoms. The van der Waals surface area contributed by atoms with Gasteiger partial charge >= 0.3 is 0 Å². The maximum Gasteiger partial charge on any atom is 0.134 e. The summed E-state index contributed by atoms with van der Waals surface area (Å²) in [5.74, 6) is 0. The second-order valence-corrected chi connectivity index (χ2v) is 3.79. The number of hydrogen-bond donors (Lipinski definition) is 0. The van der Waals surface area contributed by atoms with Gasteiger partial charge in [0.25, 0.3) is 0 Å². The van der Waals surface area contributed by atoms with E-state index in [2.05, 4.69) is 4.98 Å². The van der Waals surface area contributed by atoms with Crippen molar-refractivity contribution in [2.24, 2.45) is 0 Å². The third kappa shape index (κ3) is 3.05. The molecule has 0 atom stereocenters. The zero-order valence-corrected chi connectivity index (χ0v) is 9.52. The van der Waals surface area contributed by atoms with Crippen LogP contribution in [0.2, 0.25) is 5.15 Å². The predicted molar refractivity (Wildman–Crippen MR) is 64.2 cm³/mol. The van der Waals surface area contributed by atoms with Crippen molar-refractivity contribution in [1.29, 1.82) is 0 Å². The maximum absolute atomic E-state index is 5.91. The first kappa shape index (κ1) is 11.1. The molecule has 0 spiro atoms. The van der Waals surface area contributed by atoms with Crippen LogP contribution in [0.25, 0.3) is 0 Å². The SMILES string of the molecule is Clc1ncccc1COCc1ccccc1. The first-order valence-corrected chi connectivity index (χ1v) is 5.45. The molecule has 1 aromatic carbocycles. The van der Waals surface area contributed by atoms with E-state index in [0.29, 0.717) is 18.4 Å². The Hall–Kier alpha value is -1.38. The largest absolute Gasteiger partial charge is 0.372 e. The smallest absolute Gasteiger partial charge is 0.134 e. The van der Waals surface area contributed by atoms with Crippen molar-refractivity contribution in [3.05, 3.63) is 64.9 Å². The summed E-state index contributed by atoms with van der Waals surface area (Å²) in [4.78, 5) is 3.99. The minimum Gasteiger partial charge on any atom is -0.372 e. The van der Waals surface area contributed by atoms with Crippen molar-refractivity contribution in [1.82, 2.24) is 4.98 Å². The summed E-state index contributed by atoms with van der Waals surface area (Å²) in [5.41, 5.74) is 2.07. The molecule has 1 aromatic heterocycles. The highest BCUT2D eigenvalue weighted by Gasteiger charge is 2.00. The lowest BCUT2D eigenvalue weighted by Gasteiger charge is -2.05. The molecule has 0 amide bonds. The number of halogens is 1. The highest BCUT2D eigenvalue weighted by molar-refractivity contribution is 6.30. The van der Waals surface area contributed by atoms with Crippen molar-refractivity contribution >= 4 is 11.6 Å². The van der Waals surface area contributed by atoms with E-state index in [1.807, 2.05) is 42.5 Å². The molecule has 0 radical (unpaired) electrons. The number of benzene rings is 1. The van der Waals surface area contributed by atoms with E-state index in [9.17, 15) is 0 Å². The van der Waals surface area contributed by atoms with Crippen LogP contribution >= 0.6 is 11.6 Å². The fourth-order valence-corrected chi connectivity index (χ4v) is 1.55. The topological polar surface area (TPSA) is 22.1 Å². The van der Waals surface area contributed by atoms with Crippen molar-refractivity contribution in [2.75, 3.05) is 0 Å². The summed E-state index contributed by atoms with van der Waals surface area (Å²) in [5, 5.41) is 0.510. The number of nitrogens with zero attached hydrogens (tertiary/aromatic N) is 1. The van der Waals surface area contributed by atoms with Gasteiger partial charge in [0.1, 0.15) is 5.15 Å². The summed E-state index contributed by atoms with van der Waals surface area (Å²) in [7, 11) is 0. The molecule has 0 fully saturated rings. The van der Waals surface area contributed by atoms with Gasteiger partial charge in [-0.3, -0.25) is 0 Å². The van der Waals surface area contributed by atoms with Crippen molar-refractivity contribution in [3.63, 3.8) is 0 Å². The third-order valence-electron chi connectivity index (χ3n) is 2.21. The van der Waals surface area contributed by atoms with E-state index in [0.717, 1.165) is 11.1 Å². The van der Waals surface area contributed by atoms with Gasteiger partial charge in [-0.05, 0) is 11.6 Å². The fraction of sp³-hybridized carbons (Fsp3) is 0.154.